The molecular formula is C12H25FN2. The van der Waals surface area contributed by atoms with E-state index in [9.17, 15) is 4.39 Å². The second-order valence-electron chi connectivity index (χ2n) is 5.78. The Morgan fingerprint density at radius 2 is 2.00 bits per heavy atom. The van der Waals surface area contributed by atoms with E-state index in [-0.39, 0.29) is 11.6 Å². The van der Waals surface area contributed by atoms with E-state index in [2.05, 4.69) is 44.8 Å². The van der Waals surface area contributed by atoms with Crippen LogP contribution in [0.2, 0.25) is 0 Å². The molecule has 0 aromatic carbocycles. The molecule has 0 bridgehead atoms. The maximum Gasteiger partial charge on any atom is 0.118 e. The Morgan fingerprint density at radius 3 is 2.33 bits per heavy atom. The third-order valence-electron chi connectivity index (χ3n) is 3.14. The van der Waals surface area contributed by atoms with E-state index in [1.165, 1.54) is 0 Å². The lowest BCUT2D eigenvalue weighted by atomic mass is 10.0. The van der Waals surface area contributed by atoms with Crippen LogP contribution in [0, 0.1) is 0 Å². The highest BCUT2D eigenvalue weighted by molar-refractivity contribution is 4.90. The lowest BCUT2D eigenvalue weighted by Gasteiger charge is -2.40. The van der Waals surface area contributed by atoms with E-state index < -0.39 is 6.17 Å². The van der Waals surface area contributed by atoms with E-state index in [1.54, 1.807) is 0 Å². The van der Waals surface area contributed by atoms with Crippen LogP contribution in [0.15, 0.2) is 0 Å². The van der Waals surface area contributed by atoms with Crippen LogP contribution in [0.1, 0.15) is 41.0 Å². The number of rotatable bonds is 3. The SMILES string of the molecule is CC(C)N(CC1NCCC1F)C(C)(C)C. The predicted molar refractivity (Wildman–Crippen MR) is 62.9 cm³/mol. The van der Waals surface area contributed by atoms with Crippen LogP contribution in [0.5, 0.6) is 0 Å². The average Bonchev–Trinajstić information content (AvgIpc) is 2.44. The zero-order chi connectivity index (χ0) is 11.6. The fourth-order valence-corrected chi connectivity index (χ4v) is 2.39. The van der Waals surface area contributed by atoms with Gasteiger partial charge in [-0.2, -0.15) is 0 Å². The number of nitrogens with one attached hydrogen (secondary N) is 1. The van der Waals surface area contributed by atoms with Crippen LogP contribution < -0.4 is 5.32 Å². The van der Waals surface area contributed by atoms with Gasteiger partial charge in [-0.15, -0.1) is 0 Å². The van der Waals surface area contributed by atoms with E-state index in [0.29, 0.717) is 12.5 Å². The fraction of sp³-hybridized carbons (Fsp3) is 1.00. The van der Waals surface area contributed by atoms with Gasteiger partial charge in [0.05, 0.1) is 6.04 Å². The summed E-state index contributed by atoms with van der Waals surface area (Å²) in [5.41, 5.74) is 0.109. The summed E-state index contributed by atoms with van der Waals surface area (Å²) >= 11 is 0. The molecule has 1 rings (SSSR count). The molecule has 0 aliphatic carbocycles. The molecule has 1 fully saturated rings. The molecule has 2 atom stereocenters. The summed E-state index contributed by atoms with van der Waals surface area (Å²) in [6, 6.07) is 0.478. The monoisotopic (exact) mass is 216 g/mol. The minimum atomic E-state index is -0.673. The Bertz CT molecular complexity index is 198. The highest BCUT2D eigenvalue weighted by atomic mass is 19.1. The summed E-state index contributed by atoms with van der Waals surface area (Å²) in [5.74, 6) is 0. The molecule has 0 aromatic rings. The van der Waals surface area contributed by atoms with Gasteiger partial charge < -0.3 is 5.32 Å². The van der Waals surface area contributed by atoms with Gasteiger partial charge in [0, 0.05) is 18.1 Å². The van der Waals surface area contributed by atoms with Crippen LogP contribution in [-0.4, -0.2) is 41.8 Å². The molecule has 2 nitrogen and oxygen atoms in total. The molecule has 1 N–H and O–H groups in total. The van der Waals surface area contributed by atoms with Crippen LogP contribution in [-0.2, 0) is 0 Å². The zero-order valence-electron chi connectivity index (χ0n) is 10.7. The first-order chi connectivity index (χ1) is 6.82. The van der Waals surface area contributed by atoms with Gasteiger partial charge in [-0.1, -0.05) is 0 Å². The molecule has 0 aromatic heterocycles. The second kappa shape index (κ2) is 4.79. The zero-order valence-corrected chi connectivity index (χ0v) is 10.7. The van der Waals surface area contributed by atoms with Gasteiger partial charge >= 0.3 is 0 Å². The average molecular weight is 216 g/mol. The topological polar surface area (TPSA) is 15.3 Å². The Kier molecular flexibility index (Phi) is 4.13. The van der Waals surface area contributed by atoms with Crippen molar-refractivity contribution in [3.8, 4) is 0 Å². The molecule has 0 saturated carbocycles. The highest BCUT2D eigenvalue weighted by Gasteiger charge is 2.32. The summed E-state index contributed by atoms with van der Waals surface area (Å²) < 4.78 is 13.5. The number of alkyl halides is 1. The van der Waals surface area contributed by atoms with E-state index in [1.807, 2.05) is 0 Å². The van der Waals surface area contributed by atoms with Gasteiger partial charge in [0.25, 0.3) is 0 Å². The molecule has 3 heteroatoms. The number of nitrogens with zero attached hydrogens (tertiary/aromatic N) is 1. The molecule has 1 heterocycles. The molecule has 2 unspecified atom stereocenters. The summed E-state index contributed by atoms with van der Waals surface area (Å²) in [7, 11) is 0. The first-order valence-corrected chi connectivity index (χ1v) is 5.96. The minimum Gasteiger partial charge on any atom is -0.310 e. The van der Waals surface area contributed by atoms with Crippen molar-refractivity contribution < 1.29 is 4.39 Å². The van der Waals surface area contributed by atoms with Crippen molar-refractivity contribution in [2.45, 2.75) is 64.8 Å². The second-order valence-corrected chi connectivity index (χ2v) is 5.78. The third-order valence-corrected chi connectivity index (χ3v) is 3.14. The number of halogens is 1. The van der Waals surface area contributed by atoms with Crippen LogP contribution >= 0.6 is 0 Å². The third kappa shape index (κ3) is 3.42. The maximum atomic E-state index is 13.5. The lowest BCUT2D eigenvalue weighted by Crippen LogP contribution is -2.52. The van der Waals surface area contributed by atoms with Gasteiger partial charge in [0.15, 0.2) is 0 Å². The van der Waals surface area contributed by atoms with Gasteiger partial charge in [0.2, 0.25) is 0 Å². The standard InChI is InChI=1S/C12H25FN2/c1-9(2)15(12(3,4)5)8-11-10(13)6-7-14-11/h9-11,14H,6-8H2,1-5H3. The Hall–Kier alpha value is -0.150. The molecule has 1 aliphatic rings. The van der Waals surface area contributed by atoms with E-state index >= 15 is 0 Å². The van der Waals surface area contributed by atoms with Gasteiger partial charge in [-0.3, -0.25) is 4.90 Å². The summed E-state index contributed by atoms with van der Waals surface area (Å²) in [6.45, 7) is 12.5. The minimum absolute atomic E-state index is 0.0200. The summed E-state index contributed by atoms with van der Waals surface area (Å²) in [4.78, 5) is 2.36. The van der Waals surface area contributed by atoms with Crippen molar-refractivity contribution in [2.24, 2.45) is 0 Å². The van der Waals surface area contributed by atoms with Crippen molar-refractivity contribution in [1.82, 2.24) is 10.2 Å². The van der Waals surface area contributed by atoms with Gasteiger partial charge in [-0.05, 0) is 47.6 Å². The largest absolute Gasteiger partial charge is 0.310 e. The molecular weight excluding hydrogens is 191 g/mol. The van der Waals surface area contributed by atoms with Gasteiger partial charge in [0.1, 0.15) is 6.17 Å². The first kappa shape index (κ1) is 12.9. The van der Waals surface area contributed by atoms with Crippen LogP contribution in [0.4, 0.5) is 4.39 Å². The summed E-state index contributed by atoms with van der Waals surface area (Å²) in [6.07, 6.45) is -0.00519. The molecule has 1 saturated heterocycles. The highest BCUT2D eigenvalue weighted by Crippen LogP contribution is 2.20. The first-order valence-electron chi connectivity index (χ1n) is 5.96. The summed E-state index contributed by atoms with van der Waals surface area (Å²) in [5, 5.41) is 3.25. The van der Waals surface area contributed by atoms with Crippen LogP contribution in [0.25, 0.3) is 0 Å². The fourth-order valence-electron chi connectivity index (χ4n) is 2.39. The van der Waals surface area contributed by atoms with Crippen molar-refractivity contribution in [1.29, 1.82) is 0 Å². The Balaban J connectivity index is 2.59. The molecule has 90 valence electrons. The molecule has 0 amide bonds. The molecule has 1 aliphatic heterocycles. The Morgan fingerprint density at radius 1 is 1.40 bits per heavy atom. The molecule has 0 radical (unpaired) electrons. The van der Waals surface area contributed by atoms with Crippen molar-refractivity contribution >= 4 is 0 Å². The van der Waals surface area contributed by atoms with E-state index in [4.69, 9.17) is 0 Å². The molecule has 0 spiro atoms. The number of hydrogen-bond acceptors (Lipinski definition) is 2. The predicted octanol–water partition coefficient (Wildman–Crippen LogP) is 2.20. The maximum absolute atomic E-state index is 13.5. The van der Waals surface area contributed by atoms with Crippen molar-refractivity contribution in [2.75, 3.05) is 13.1 Å². The normalized spacial score (nSPS) is 28.0. The molecule has 15 heavy (non-hydrogen) atoms. The van der Waals surface area contributed by atoms with E-state index in [0.717, 1.165) is 13.1 Å². The van der Waals surface area contributed by atoms with Gasteiger partial charge in [-0.25, -0.2) is 4.39 Å². The smallest absolute Gasteiger partial charge is 0.118 e. The van der Waals surface area contributed by atoms with Crippen molar-refractivity contribution in [3.63, 3.8) is 0 Å². The Labute approximate surface area is 93.2 Å². The van der Waals surface area contributed by atoms with Crippen molar-refractivity contribution in [3.05, 3.63) is 0 Å². The van der Waals surface area contributed by atoms with Crippen LogP contribution in [0.3, 0.4) is 0 Å². The quantitative estimate of drug-likeness (QED) is 0.778. The number of hydrogen-bond donors (Lipinski definition) is 1. The lowest BCUT2D eigenvalue weighted by molar-refractivity contribution is 0.0774.